The van der Waals surface area contributed by atoms with Gasteiger partial charge < -0.3 is 15.6 Å². The van der Waals surface area contributed by atoms with Gasteiger partial charge in [-0.1, -0.05) is 18.2 Å². The standard InChI is InChI=1S/C16H17N3O/c1-11-4-2-3-5-14(11)19-16(20)18-13-7-6-12-8-9-17-15(12)10-13/h4-10,17H,2-3H2,1H3,(H2,18,19,20). The van der Waals surface area contributed by atoms with Crippen LogP contribution >= 0.6 is 0 Å². The largest absolute Gasteiger partial charge is 0.361 e. The zero-order valence-corrected chi connectivity index (χ0v) is 11.4. The molecule has 4 heteroatoms. The zero-order chi connectivity index (χ0) is 13.9. The van der Waals surface area contributed by atoms with E-state index < -0.39 is 0 Å². The van der Waals surface area contributed by atoms with Crippen molar-refractivity contribution < 1.29 is 4.79 Å². The van der Waals surface area contributed by atoms with E-state index >= 15 is 0 Å². The molecule has 3 N–H and O–H groups in total. The number of rotatable bonds is 2. The van der Waals surface area contributed by atoms with Gasteiger partial charge in [0.25, 0.3) is 0 Å². The highest BCUT2D eigenvalue weighted by Crippen LogP contribution is 2.18. The molecule has 0 radical (unpaired) electrons. The van der Waals surface area contributed by atoms with Gasteiger partial charge in [0.15, 0.2) is 0 Å². The summed E-state index contributed by atoms with van der Waals surface area (Å²) in [6, 6.07) is 7.59. The average Bonchev–Trinajstić information content (AvgIpc) is 2.89. The lowest BCUT2D eigenvalue weighted by Gasteiger charge is -2.14. The molecule has 2 aromatic rings. The first kappa shape index (κ1) is 12.5. The minimum absolute atomic E-state index is 0.211. The molecule has 0 fully saturated rings. The second-order valence-corrected chi connectivity index (χ2v) is 4.94. The predicted molar refractivity (Wildman–Crippen MR) is 81.5 cm³/mol. The highest BCUT2D eigenvalue weighted by atomic mass is 16.2. The summed E-state index contributed by atoms with van der Waals surface area (Å²) in [6.45, 7) is 2.01. The Morgan fingerprint density at radius 3 is 2.85 bits per heavy atom. The van der Waals surface area contributed by atoms with Crippen LogP contribution in [0, 0.1) is 0 Å². The lowest BCUT2D eigenvalue weighted by Crippen LogP contribution is -2.29. The fourth-order valence-electron chi connectivity index (χ4n) is 2.36. The van der Waals surface area contributed by atoms with Crippen LogP contribution in [0.3, 0.4) is 0 Å². The summed E-state index contributed by atoms with van der Waals surface area (Å²) in [4.78, 5) is 15.1. The summed E-state index contributed by atoms with van der Waals surface area (Å²) >= 11 is 0. The van der Waals surface area contributed by atoms with E-state index in [0.29, 0.717) is 0 Å². The molecule has 0 aliphatic heterocycles. The molecule has 1 aliphatic carbocycles. The first-order chi connectivity index (χ1) is 9.72. The quantitative estimate of drug-likeness (QED) is 0.759. The van der Waals surface area contributed by atoms with E-state index in [1.807, 2.05) is 37.4 Å². The van der Waals surface area contributed by atoms with Gasteiger partial charge in [-0.25, -0.2) is 4.79 Å². The summed E-state index contributed by atoms with van der Waals surface area (Å²) in [5, 5.41) is 6.87. The Labute approximate surface area is 117 Å². The van der Waals surface area contributed by atoms with Crippen molar-refractivity contribution in [1.82, 2.24) is 10.3 Å². The van der Waals surface area contributed by atoms with Gasteiger partial charge in [-0.2, -0.15) is 0 Å². The van der Waals surface area contributed by atoms with Gasteiger partial charge in [-0.05, 0) is 48.9 Å². The smallest absolute Gasteiger partial charge is 0.323 e. The Bertz CT molecular complexity index is 709. The van der Waals surface area contributed by atoms with E-state index in [0.717, 1.165) is 40.7 Å². The monoisotopic (exact) mass is 267 g/mol. The van der Waals surface area contributed by atoms with E-state index in [1.165, 1.54) is 0 Å². The van der Waals surface area contributed by atoms with Gasteiger partial charge in [0.1, 0.15) is 0 Å². The van der Waals surface area contributed by atoms with Gasteiger partial charge in [0, 0.05) is 23.1 Å². The minimum Gasteiger partial charge on any atom is -0.361 e. The number of H-pyrrole nitrogens is 1. The van der Waals surface area contributed by atoms with Crippen LogP contribution in [-0.2, 0) is 0 Å². The molecule has 1 heterocycles. The van der Waals surface area contributed by atoms with Crippen LogP contribution in [0.25, 0.3) is 10.9 Å². The van der Waals surface area contributed by atoms with Crippen molar-refractivity contribution in [3.63, 3.8) is 0 Å². The SMILES string of the molecule is CC1=CCCC=C1NC(=O)Nc1ccc2cc[nH]c2c1. The fourth-order valence-corrected chi connectivity index (χ4v) is 2.36. The second kappa shape index (κ2) is 5.25. The Hall–Kier alpha value is -2.49. The predicted octanol–water partition coefficient (Wildman–Crippen LogP) is 3.91. The van der Waals surface area contributed by atoms with E-state index in [2.05, 4.69) is 27.8 Å². The average molecular weight is 267 g/mol. The third kappa shape index (κ3) is 2.59. The van der Waals surface area contributed by atoms with Crippen LogP contribution in [0.4, 0.5) is 10.5 Å². The van der Waals surface area contributed by atoms with Crippen LogP contribution in [0.2, 0.25) is 0 Å². The van der Waals surface area contributed by atoms with Gasteiger partial charge >= 0.3 is 6.03 Å². The molecule has 102 valence electrons. The maximum Gasteiger partial charge on any atom is 0.323 e. The number of aromatic amines is 1. The number of amides is 2. The van der Waals surface area contributed by atoms with Crippen LogP contribution < -0.4 is 10.6 Å². The summed E-state index contributed by atoms with van der Waals surface area (Å²) in [5.74, 6) is 0. The van der Waals surface area contributed by atoms with Crippen molar-refractivity contribution in [2.75, 3.05) is 5.32 Å². The third-order valence-electron chi connectivity index (χ3n) is 3.45. The van der Waals surface area contributed by atoms with Crippen molar-refractivity contribution in [2.24, 2.45) is 0 Å². The number of anilines is 1. The lowest BCUT2D eigenvalue weighted by molar-refractivity contribution is 0.254. The maximum absolute atomic E-state index is 12.0. The molecule has 1 aromatic carbocycles. The number of nitrogens with one attached hydrogen (secondary N) is 3. The molecule has 0 saturated heterocycles. The molecule has 1 aromatic heterocycles. The topological polar surface area (TPSA) is 56.9 Å². The van der Waals surface area contributed by atoms with E-state index in [-0.39, 0.29) is 6.03 Å². The molecule has 0 spiro atoms. The second-order valence-electron chi connectivity index (χ2n) is 4.94. The molecular weight excluding hydrogens is 250 g/mol. The van der Waals surface area contributed by atoms with Gasteiger partial charge in [-0.15, -0.1) is 0 Å². The first-order valence-corrected chi connectivity index (χ1v) is 6.75. The maximum atomic E-state index is 12.0. The van der Waals surface area contributed by atoms with Crippen molar-refractivity contribution in [1.29, 1.82) is 0 Å². The highest BCUT2D eigenvalue weighted by molar-refractivity contribution is 5.93. The zero-order valence-electron chi connectivity index (χ0n) is 11.4. The minimum atomic E-state index is -0.211. The summed E-state index contributed by atoms with van der Waals surface area (Å²) in [5.41, 5.74) is 3.80. The van der Waals surface area contributed by atoms with Crippen LogP contribution in [0.5, 0.6) is 0 Å². The number of allylic oxidation sites excluding steroid dienone is 3. The van der Waals surface area contributed by atoms with Crippen molar-refractivity contribution in [3.8, 4) is 0 Å². The lowest BCUT2D eigenvalue weighted by atomic mass is 10.1. The number of hydrogen-bond acceptors (Lipinski definition) is 1. The van der Waals surface area contributed by atoms with Gasteiger partial charge in [0.05, 0.1) is 0 Å². The van der Waals surface area contributed by atoms with Crippen molar-refractivity contribution >= 4 is 22.6 Å². The van der Waals surface area contributed by atoms with E-state index in [4.69, 9.17) is 0 Å². The molecule has 0 saturated carbocycles. The van der Waals surface area contributed by atoms with Gasteiger partial charge in [-0.3, -0.25) is 0 Å². The molecule has 0 unspecified atom stereocenters. The number of benzene rings is 1. The van der Waals surface area contributed by atoms with Crippen molar-refractivity contribution in [2.45, 2.75) is 19.8 Å². The normalized spacial score (nSPS) is 14.7. The Balaban J connectivity index is 1.69. The third-order valence-corrected chi connectivity index (χ3v) is 3.45. The number of urea groups is 1. The molecule has 20 heavy (non-hydrogen) atoms. The Morgan fingerprint density at radius 1 is 1.15 bits per heavy atom. The fraction of sp³-hybridized carbons (Fsp3) is 0.188. The first-order valence-electron chi connectivity index (χ1n) is 6.75. The van der Waals surface area contributed by atoms with E-state index in [9.17, 15) is 4.79 Å². The number of aromatic nitrogens is 1. The Kier molecular flexibility index (Phi) is 3.29. The number of carbonyl (C=O) groups excluding carboxylic acids is 1. The summed E-state index contributed by atoms with van der Waals surface area (Å²) in [6.07, 6.45) is 8.10. The van der Waals surface area contributed by atoms with Crippen LogP contribution in [0.1, 0.15) is 19.8 Å². The molecular formula is C16H17N3O. The highest BCUT2D eigenvalue weighted by Gasteiger charge is 2.09. The van der Waals surface area contributed by atoms with Crippen molar-refractivity contribution in [3.05, 3.63) is 53.9 Å². The molecule has 4 nitrogen and oxygen atoms in total. The van der Waals surface area contributed by atoms with Crippen LogP contribution in [-0.4, -0.2) is 11.0 Å². The molecule has 0 atom stereocenters. The Morgan fingerprint density at radius 2 is 2.00 bits per heavy atom. The summed E-state index contributed by atoms with van der Waals surface area (Å²) in [7, 11) is 0. The van der Waals surface area contributed by atoms with Gasteiger partial charge in [0.2, 0.25) is 0 Å². The summed E-state index contributed by atoms with van der Waals surface area (Å²) < 4.78 is 0. The van der Waals surface area contributed by atoms with Crippen LogP contribution in [0.15, 0.2) is 53.9 Å². The number of carbonyl (C=O) groups is 1. The van der Waals surface area contributed by atoms with E-state index in [1.54, 1.807) is 0 Å². The molecule has 1 aliphatic rings. The number of fused-ring (bicyclic) bond motifs is 1. The number of hydrogen-bond donors (Lipinski definition) is 3. The molecule has 0 bridgehead atoms. The molecule has 2 amide bonds. The molecule has 3 rings (SSSR count).